The smallest absolute Gasteiger partial charge is 0.193 e. The van der Waals surface area contributed by atoms with Gasteiger partial charge in [0.25, 0.3) is 0 Å². The highest BCUT2D eigenvalue weighted by Crippen LogP contribution is 2.42. The van der Waals surface area contributed by atoms with Gasteiger partial charge in [0.2, 0.25) is 0 Å². The van der Waals surface area contributed by atoms with Gasteiger partial charge in [0.15, 0.2) is 5.96 Å². The minimum Gasteiger partial charge on any atom is -0.356 e. The van der Waals surface area contributed by atoms with Gasteiger partial charge in [-0.2, -0.15) is 11.8 Å². The van der Waals surface area contributed by atoms with Crippen LogP contribution in [0.5, 0.6) is 0 Å². The molecule has 0 radical (unpaired) electrons. The molecule has 150 valence electrons. The summed E-state index contributed by atoms with van der Waals surface area (Å²) in [5.74, 6) is 2.38. The van der Waals surface area contributed by atoms with Crippen molar-refractivity contribution in [3.8, 4) is 0 Å². The molecule has 1 saturated carbocycles. The van der Waals surface area contributed by atoms with Crippen molar-refractivity contribution in [2.75, 3.05) is 72.2 Å². The fourth-order valence-electron chi connectivity index (χ4n) is 4.68. The second kappa shape index (κ2) is 10.2. The number of rotatable bonds is 4. The van der Waals surface area contributed by atoms with E-state index in [-0.39, 0.29) is 0 Å². The standard InChI is InChI=1S/C20H39N5S/c1-21-19(22-10-6-12-24-13-7-11-23(2)14-15-24)25-16-17-26-20(18-25)8-4-3-5-9-20/h3-18H2,1-2H3,(H,21,22). The van der Waals surface area contributed by atoms with Crippen LogP contribution in [-0.2, 0) is 0 Å². The van der Waals surface area contributed by atoms with Gasteiger partial charge in [-0.1, -0.05) is 19.3 Å². The third kappa shape index (κ3) is 5.77. The molecule has 0 amide bonds. The quantitative estimate of drug-likeness (QED) is 0.459. The third-order valence-electron chi connectivity index (χ3n) is 6.27. The molecular weight excluding hydrogens is 342 g/mol. The molecule has 6 heteroatoms. The van der Waals surface area contributed by atoms with Crippen LogP contribution in [0.25, 0.3) is 0 Å². The molecule has 1 aliphatic carbocycles. The van der Waals surface area contributed by atoms with Gasteiger partial charge in [0.1, 0.15) is 0 Å². The normalized spacial score (nSPS) is 26.1. The van der Waals surface area contributed by atoms with Crippen molar-refractivity contribution in [2.45, 2.75) is 49.7 Å². The molecule has 0 aromatic rings. The maximum absolute atomic E-state index is 4.60. The Bertz CT molecular complexity index is 444. The number of likely N-dealkylation sites (N-methyl/N-ethyl adjacent to an activating group) is 1. The second-order valence-electron chi connectivity index (χ2n) is 8.34. The molecule has 1 N–H and O–H groups in total. The zero-order chi connectivity index (χ0) is 18.2. The molecule has 5 nitrogen and oxygen atoms in total. The van der Waals surface area contributed by atoms with Crippen LogP contribution in [0.3, 0.4) is 0 Å². The van der Waals surface area contributed by atoms with Gasteiger partial charge in [-0.25, -0.2) is 0 Å². The molecule has 3 fully saturated rings. The van der Waals surface area contributed by atoms with Crippen molar-refractivity contribution < 1.29 is 0 Å². The van der Waals surface area contributed by atoms with Crippen LogP contribution in [0.2, 0.25) is 0 Å². The number of guanidine groups is 1. The Kier molecular flexibility index (Phi) is 7.94. The highest BCUT2D eigenvalue weighted by Gasteiger charge is 2.38. The maximum atomic E-state index is 4.60. The number of nitrogens with zero attached hydrogens (tertiary/aromatic N) is 4. The Morgan fingerprint density at radius 1 is 1.04 bits per heavy atom. The highest BCUT2D eigenvalue weighted by atomic mass is 32.2. The van der Waals surface area contributed by atoms with Crippen LogP contribution < -0.4 is 5.32 Å². The lowest BCUT2D eigenvalue weighted by Crippen LogP contribution is -2.53. The van der Waals surface area contributed by atoms with E-state index in [1.165, 1.54) is 90.0 Å². The number of nitrogens with one attached hydrogen (secondary N) is 1. The van der Waals surface area contributed by atoms with Crippen molar-refractivity contribution in [1.29, 1.82) is 0 Å². The second-order valence-corrected chi connectivity index (χ2v) is 9.90. The highest BCUT2D eigenvalue weighted by molar-refractivity contribution is 8.00. The van der Waals surface area contributed by atoms with Gasteiger partial charge in [0.05, 0.1) is 0 Å². The summed E-state index contributed by atoms with van der Waals surface area (Å²) in [6, 6.07) is 0. The summed E-state index contributed by atoms with van der Waals surface area (Å²) in [5.41, 5.74) is 0. The third-order valence-corrected chi connectivity index (χ3v) is 7.81. The van der Waals surface area contributed by atoms with Gasteiger partial charge >= 0.3 is 0 Å². The molecule has 0 aromatic heterocycles. The molecule has 3 aliphatic rings. The van der Waals surface area contributed by atoms with E-state index in [0.29, 0.717) is 4.75 Å². The Morgan fingerprint density at radius 2 is 1.88 bits per heavy atom. The molecular formula is C20H39N5S. The van der Waals surface area contributed by atoms with E-state index in [9.17, 15) is 0 Å². The van der Waals surface area contributed by atoms with E-state index >= 15 is 0 Å². The van der Waals surface area contributed by atoms with E-state index in [1.807, 2.05) is 7.05 Å². The predicted octanol–water partition coefficient (Wildman–Crippen LogP) is 2.34. The first-order valence-electron chi connectivity index (χ1n) is 10.7. The molecule has 26 heavy (non-hydrogen) atoms. The monoisotopic (exact) mass is 381 g/mol. The molecule has 3 rings (SSSR count). The van der Waals surface area contributed by atoms with Gasteiger partial charge in [-0.05, 0) is 52.4 Å². The minimum absolute atomic E-state index is 0.506. The Balaban J connectivity index is 1.40. The molecule has 1 spiro atoms. The summed E-state index contributed by atoms with van der Waals surface area (Å²) in [6.45, 7) is 9.51. The van der Waals surface area contributed by atoms with Crippen LogP contribution in [0.1, 0.15) is 44.9 Å². The van der Waals surface area contributed by atoms with E-state index in [4.69, 9.17) is 0 Å². The Labute approximate surface area is 165 Å². The molecule has 0 aromatic carbocycles. The number of aliphatic imine (C=N–C) groups is 1. The van der Waals surface area contributed by atoms with Gasteiger partial charge in [-0.3, -0.25) is 4.99 Å². The topological polar surface area (TPSA) is 34.1 Å². The number of hydrogen-bond acceptors (Lipinski definition) is 4. The first kappa shape index (κ1) is 20.3. The molecule has 0 bridgehead atoms. The molecule has 0 unspecified atom stereocenters. The molecule has 2 heterocycles. The van der Waals surface area contributed by atoms with Crippen molar-refractivity contribution in [2.24, 2.45) is 4.99 Å². The van der Waals surface area contributed by atoms with Crippen LogP contribution in [0.15, 0.2) is 4.99 Å². The van der Waals surface area contributed by atoms with E-state index in [1.54, 1.807) is 0 Å². The maximum Gasteiger partial charge on any atom is 0.193 e. The summed E-state index contributed by atoms with van der Waals surface area (Å²) >= 11 is 2.23. The molecule has 2 aliphatic heterocycles. The number of thioether (sulfide) groups is 1. The van der Waals surface area contributed by atoms with Crippen molar-refractivity contribution in [3.63, 3.8) is 0 Å². The fraction of sp³-hybridized carbons (Fsp3) is 0.950. The molecule has 2 saturated heterocycles. The van der Waals surface area contributed by atoms with E-state index < -0.39 is 0 Å². The zero-order valence-corrected chi connectivity index (χ0v) is 17.8. The SMILES string of the molecule is CN=C(NCCCN1CCCN(C)CC1)N1CCSC2(CCCCC2)C1. The fourth-order valence-corrected chi connectivity index (χ4v) is 6.25. The summed E-state index contributed by atoms with van der Waals surface area (Å²) in [4.78, 5) is 12.2. The Morgan fingerprint density at radius 3 is 2.69 bits per heavy atom. The zero-order valence-electron chi connectivity index (χ0n) is 17.0. The average Bonchev–Trinajstić information content (AvgIpc) is 2.87. The van der Waals surface area contributed by atoms with Crippen molar-refractivity contribution >= 4 is 17.7 Å². The largest absolute Gasteiger partial charge is 0.356 e. The summed E-state index contributed by atoms with van der Waals surface area (Å²) in [6.07, 6.45) is 9.57. The lowest BCUT2D eigenvalue weighted by molar-refractivity contribution is 0.271. The van der Waals surface area contributed by atoms with E-state index in [0.717, 1.165) is 19.0 Å². The summed E-state index contributed by atoms with van der Waals surface area (Å²) < 4.78 is 0.506. The van der Waals surface area contributed by atoms with Crippen LogP contribution in [0, 0.1) is 0 Å². The number of hydrogen-bond donors (Lipinski definition) is 1. The minimum atomic E-state index is 0.506. The van der Waals surface area contributed by atoms with Gasteiger partial charge in [-0.15, -0.1) is 0 Å². The van der Waals surface area contributed by atoms with Crippen molar-refractivity contribution in [1.82, 2.24) is 20.0 Å². The average molecular weight is 382 g/mol. The summed E-state index contributed by atoms with van der Waals surface area (Å²) in [7, 11) is 4.19. The first-order chi connectivity index (χ1) is 12.7. The lowest BCUT2D eigenvalue weighted by Gasteiger charge is -2.45. The lowest BCUT2D eigenvalue weighted by atomic mass is 9.87. The van der Waals surface area contributed by atoms with Crippen LogP contribution in [-0.4, -0.2) is 97.6 Å². The first-order valence-corrected chi connectivity index (χ1v) is 11.7. The summed E-state index contributed by atoms with van der Waals surface area (Å²) in [5, 5.41) is 3.65. The predicted molar refractivity (Wildman–Crippen MR) is 114 cm³/mol. The van der Waals surface area contributed by atoms with Crippen LogP contribution in [0.4, 0.5) is 0 Å². The molecule has 0 atom stereocenters. The van der Waals surface area contributed by atoms with E-state index in [2.05, 4.69) is 43.8 Å². The Hall–Kier alpha value is -0.460. The van der Waals surface area contributed by atoms with Crippen LogP contribution >= 0.6 is 11.8 Å². The van der Waals surface area contributed by atoms with Gasteiger partial charge < -0.3 is 20.0 Å². The van der Waals surface area contributed by atoms with Gasteiger partial charge in [0, 0.05) is 50.3 Å². The van der Waals surface area contributed by atoms with Crippen molar-refractivity contribution in [3.05, 3.63) is 0 Å².